The van der Waals surface area contributed by atoms with Crippen LogP contribution in [-0.4, -0.2) is 12.0 Å². The summed E-state index contributed by atoms with van der Waals surface area (Å²) in [6.45, 7) is 9.43. The van der Waals surface area contributed by atoms with E-state index in [1.165, 1.54) is 31.2 Å². The van der Waals surface area contributed by atoms with Crippen LogP contribution in [0.5, 0.6) is 0 Å². The van der Waals surface area contributed by atoms with Crippen LogP contribution in [0.1, 0.15) is 52.5 Å². The van der Waals surface area contributed by atoms with Crippen LogP contribution >= 0.6 is 0 Å². The van der Waals surface area contributed by atoms with Crippen molar-refractivity contribution in [2.45, 2.75) is 53.1 Å². The van der Waals surface area contributed by atoms with Crippen LogP contribution < -0.4 is 0 Å². The summed E-state index contributed by atoms with van der Waals surface area (Å²) < 4.78 is 37.9. The Hall–Kier alpha value is -1.32. The number of Topliss-reactive ketones (excluding diaryl/α,β-unsaturated/α-hetero) is 1. The molecule has 1 aromatic carbocycles. The van der Waals surface area contributed by atoms with Crippen molar-refractivity contribution in [3.63, 3.8) is 0 Å². The molecule has 0 amide bonds. The van der Waals surface area contributed by atoms with E-state index >= 15 is 0 Å². The predicted octanol–water partition coefficient (Wildman–Crippen LogP) is 5.36. The molecule has 0 saturated heterocycles. The zero-order valence-electron chi connectivity index (χ0n) is 12.2. The van der Waals surface area contributed by atoms with E-state index in [9.17, 15) is 18.0 Å². The first-order chi connectivity index (χ1) is 8.96. The molecule has 0 N–H and O–H groups in total. The molecule has 110 valence electrons. The lowest BCUT2D eigenvalue weighted by Crippen LogP contribution is -2.28. The maximum absolute atomic E-state index is 12.6. The third-order valence-electron chi connectivity index (χ3n) is 2.13. The standard InChI is InChI=1S/C11H11F3O.2C2H6/c1-2-9(15)10(11(12,13)14)8-6-4-3-5-7-8;2*1-2/h3-7,10H,2H2,1H3;2*1-2H3. The fraction of sp³-hybridized carbons (Fsp3) is 0.533. The highest BCUT2D eigenvalue weighted by Crippen LogP contribution is 2.36. The van der Waals surface area contributed by atoms with Crippen LogP contribution in [-0.2, 0) is 4.79 Å². The second kappa shape index (κ2) is 10.6. The van der Waals surface area contributed by atoms with Crippen LogP contribution in [0, 0.1) is 0 Å². The second-order valence-electron chi connectivity index (χ2n) is 3.21. The Morgan fingerprint density at radius 3 is 1.79 bits per heavy atom. The maximum atomic E-state index is 12.6. The number of halogens is 3. The quantitative estimate of drug-likeness (QED) is 0.726. The van der Waals surface area contributed by atoms with Crippen molar-refractivity contribution in [1.82, 2.24) is 0 Å². The molecule has 1 rings (SSSR count). The summed E-state index contributed by atoms with van der Waals surface area (Å²) in [6, 6.07) is 7.26. The zero-order valence-corrected chi connectivity index (χ0v) is 12.2. The van der Waals surface area contributed by atoms with E-state index in [-0.39, 0.29) is 12.0 Å². The second-order valence-corrected chi connectivity index (χ2v) is 3.21. The summed E-state index contributed by atoms with van der Waals surface area (Å²) >= 11 is 0. The van der Waals surface area contributed by atoms with Gasteiger partial charge in [-0.25, -0.2) is 0 Å². The van der Waals surface area contributed by atoms with E-state index in [1.807, 2.05) is 27.7 Å². The largest absolute Gasteiger partial charge is 0.402 e. The molecule has 0 aliphatic rings. The maximum Gasteiger partial charge on any atom is 0.402 e. The number of carbonyl (C=O) groups excluding carboxylic acids is 1. The molecular formula is C15H23F3O. The lowest BCUT2D eigenvalue weighted by molar-refractivity contribution is -0.163. The van der Waals surface area contributed by atoms with Gasteiger partial charge in [0.1, 0.15) is 11.7 Å². The van der Waals surface area contributed by atoms with Crippen molar-refractivity contribution in [2.75, 3.05) is 0 Å². The normalized spacial score (nSPS) is 11.4. The number of alkyl halides is 3. The average molecular weight is 276 g/mol. The Kier molecular flexibility index (Phi) is 11.1. The summed E-state index contributed by atoms with van der Waals surface area (Å²) in [4.78, 5) is 11.2. The summed E-state index contributed by atoms with van der Waals surface area (Å²) in [6.07, 6.45) is -4.62. The monoisotopic (exact) mass is 276 g/mol. The number of rotatable bonds is 3. The van der Waals surface area contributed by atoms with Gasteiger partial charge in [0.2, 0.25) is 0 Å². The predicted molar refractivity (Wildman–Crippen MR) is 73.2 cm³/mol. The fourth-order valence-corrected chi connectivity index (χ4v) is 1.41. The Morgan fingerprint density at radius 1 is 1.05 bits per heavy atom. The number of hydrogen-bond acceptors (Lipinski definition) is 1. The van der Waals surface area contributed by atoms with Gasteiger partial charge in [0.05, 0.1) is 0 Å². The van der Waals surface area contributed by atoms with Gasteiger partial charge >= 0.3 is 6.18 Å². The van der Waals surface area contributed by atoms with E-state index in [0.29, 0.717) is 0 Å². The first-order valence-corrected chi connectivity index (χ1v) is 6.61. The van der Waals surface area contributed by atoms with Crippen molar-refractivity contribution in [2.24, 2.45) is 0 Å². The Morgan fingerprint density at radius 2 is 1.47 bits per heavy atom. The van der Waals surface area contributed by atoms with Gasteiger partial charge in [0.15, 0.2) is 0 Å². The van der Waals surface area contributed by atoms with Crippen LogP contribution in [0.15, 0.2) is 30.3 Å². The number of carbonyl (C=O) groups is 1. The van der Waals surface area contributed by atoms with Crippen molar-refractivity contribution in [1.29, 1.82) is 0 Å². The zero-order chi connectivity index (χ0) is 15.5. The van der Waals surface area contributed by atoms with Gasteiger partial charge in [-0.15, -0.1) is 0 Å². The van der Waals surface area contributed by atoms with Gasteiger partial charge in [-0.05, 0) is 5.56 Å². The number of ketones is 1. The van der Waals surface area contributed by atoms with Gasteiger partial charge in [0, 0.05) is 6.42 Å². The molecule has 1 aromatic rings. The Bertz CT molecular complexity index is 331. The fourth-order valence-electron chi connectivity index (χ4n) is 1.41. The van der Waals surface area contributed by atoms with Gasteiger partial charge in [-0.3, -0.25) is 4.79 Å². The van der Waals surface area contributed by atoms with Crippen molar-refractivity contribution >= 4 is 5.78 Å². The third kappa shape index (κ3) is 6.99. The van der Waals surface area contributed by atoms with E-state index in [2.05, 4.69) is 0 Å². The SMILES string of the molecule is CC.CC.CCC(=O)C(c1ccccc1)C(F)(F)F. The van der Waals surface area contributed by atoms with Crippen LogP contribution in [0.25, 0.3) is 0 Å². The van der Waals surface area contributed by atoms with Gasteiger partial charge < -0.3 is 0 Å². The van der Waals surface area contributed by atoms with Crippen molar-refractivity contribution in [3.05, 3.63) is 35.9 Å². The third-order valence-corrected chi connectivity index (χ3v) is 2.13. The minimum atomic E-state index is -4.51. The lowest BCUT2D eigenvalue weighted by Gasteiger charge is -2.18. The molecule has 0 radical (unpaired) electrons. The number of benzene rings is 1. The molecule has 0 heterocycles. The molecule has 0 aliphatic carbocycles. The Balaban J connectivity index is 0. The molecule has 0 fully saturated rings. The lowest BCUT2D eigenvalue weighted by atomic mass is 9.93. The summed E-state index contributed by atoms with van der Waals surface area (Å²) in [5.74, 6) is -2.78. The van der Waals surface area contributed by atoms with Crippen LogP contribution in [0.3, 0.4) is 0 Å². The highest BCUT2D eigenvalue weighted by molar-refractivity contribution is 5.86. The molecule has 0 bridgehead atoms. The van der Waals surface area contributed by atoms with E-state index in [0.717, 1.165) is 0 Å². The van der Waals surface area contributed by atoms with Crippen molar-refractivity contribution < 1.29 is 18.0 Å². The average Bonchev–Trinajstić information content (AvgIpc) is 2.43. The highest BCUT2D eigenvalue weighted by Gasteiger charge is 2.44. The Labute approximate surface area is 113 Å². The molecule has 0 saturated carbocycles. The summed E-state index contributed by atoms with van der Waals surface area (Å²) in [5, 5.41) is 0. The molecule has 0 aromatic heterocycles. The molecular weight excluding hydrogens is 253 g/mol. The first kappa shape index (κ1) is 20.0. The minimum absolute atomic E-state index is 0.0110. The van der Waals surface area contributed by atoms with E-state index in [1.54, 1.807) is 6.07 Å². The van der Waals surface area contributed by atoms with Gasteiger partial charge in [-0.1, -0.05) is 65.0 Å². The molecule has 4 heteroatoms. The van der Waals surface area contributed by atoms with E-state index < -0.39 is 17.9 Å². The number of hydrogen-bond donors (Lipinski definition) is 0. The summed E-state index contributed by atoms with van der Waals surface area (Å²) in [7, 11) is 0. The van der Waals surface area contributed by atoms with E-state index in [4.69, 9.17) is 0 Å². The van der Waals surface area contributed by atoms with Gasteiger partial charge in [0.25, 0.3) is 0 Å². The van der Waals surface area contributed by atoms with Gasteiger partial charge in [-0.2, -0.15) is 13.2 Å². The summed E-state index contributed by atoms with van der Waals surface area (Å²) in [5.41, 5.74) is 0.0110. The van der Waals surface area contributed by atoms with Crippen LogP contribution in [0.4, 0.5) is 13.2 Å². The minimum Gasteiger partial charge on any atom is -0.299 e. The molecule has 0 spiro atoms. The topological polar surface area (TPSA) is 17.1 Å². The van der Waals surface area contributed by atoms with Crippen molar-refractivity contribution in [3.8, 4) is 0 Å². The molecule has 0 aliphatic heterocycles. The highest BCUT2D eigenvalue weighted by atomic mass is 19.4. The smallest absolute Gasteiger partial charge is 0.299 e. The molecule has 1 unspecified atom stereocenters. The first-order valence-electron chi connectivity index (χ1n) is 6.61. The molecule has 1 nitrogen and oxygen atoms in total. The van der Waals surface area contributed by atoms with Crippen LogP contribution in [0.2, 0.25) is 0 Å². The molecule has 19 heavy (non-hydrogen) atoms. The molecule has 1 atom stereocenters.